The van der Waals surface area contributed by atoms with Crippen LogP contribution >= 0.6 is 0 Å². The first-order valence-corrected chi connectivity index (χ1v) is 16.2. The Kier molecular flexibility index (Phi) is 8.48. The topological polar surface area (TPSA) is 174 Å². The summed E-state index contributed by atoms with van der Waals surface area (Å²) in [5, 5.41) is 26.9. The zero-order valence-corrected chi connectivity index (χ0v) is 27.2. The molecule has 5 N–H and O–H groups in total. The van der Waals surface area contributed by atoms with Crippen molar-refractivity contribution in [1.82, 2.24) is 9.80 Å². The van der Waals surface area contributed by atoms with Crippen LogP contribution in [0.15, 0.2) is 36.4 Å². The summed E-state index contributed by atoms with van der Waals surface area (Å²) in [6.45, 7) is 2.56. The first kappa shape index (κ1) is 32.8. The molecule has 3 aliphatic carbocycles. The van der Waals surface area contributed by atoms with Gasteiger partial charge in [0.15, 0.2) is 34.7 Å². The summed E-state index contributed by atoms with van der Waals surface area (Å²) >= 11 is 0. The van der Waals surface area contributed by atoms with E-state index < -0.39 is 64.4 Å². The summed E-state index contributed by atoms with van der Waals surface area (Å²) in [6, 6.07) is 11.0. The minimum Gasteiger partial charge on any atom is -0.505 e. The number of ketones is 4. The van der Waals surface area contributed by atoms with Gasteiger partial charge in [0.2, 0.25) is 5.91 Å². The highest BCUT2D eigenvalue weighted by Crippen LogP contribution is 2.53. The van der Waals surface area contributed by atoms with Crippen LogP contribution < -0.4 is 16.0 Å². The van der Waals surface area contributed by atoms with Gasteiger partial charge in [-0.3, -0.25) is 33.8 Å². The minimum absolute atomic E-state index is 0.00758. The zero-order chi connectivity index (χ0) is 33.9. The van der Waals surface area contributed by atoms with E-state index in [1.807, 2.05) is 43.3 Å². The number of fused-ring (bicyclic) bond motifs is 3. The molecule has 1 heterocycles. The Labute approximate surface area is 273 Å². The van der Waals surface area contributed by atoms with Crippen molar-refractivity contribution in [2.75, 3.05) is 51.5 Å². The number of phenols is 1. The van der Waals surface area contributed by atoms with E-state index in [0.29, 0.717) is 16.9 Å². The van der Waals surface area contributed by atoms with Gasteiger partial charge in [-0.15, -0.1) is 0 Å². The van der Waals surface area contributed by atoms with Crippen LogP contribution in [0.3, 0.4) is 0 Å². The number of likely N-dealkylation sites (tertiary alicyclic amines) is 1. The van der Waals surface area contributed by atoms with Crippen molar-refractivity contribution in [3.8, 4) is 5.75 Å². The maximum absolute atomic E-state index is 14.3. The van der Waals surface area contributed by atoms with Crippen molar-refractivity contribution in [2.45, 2.75) is 49.9 Å². The molecule has 12 nitrogen and oxygen atoms in total. The molecule has 12 heteroatoms. The maximum Gasteiger partial charge on any atom is 0.235 e. The van der Waals surface area contributed by atoms with Gasteiger partial charge >= 0.3 is 0 Å². The monoisotopic (exact) mass is 645 g/mol. The number of carbonyl (C=O) groups is 5. The highest BCUT2D eigenvalue weighted by atomic mass is 16.3. The van der Waals surface area contributed by atoms with E-state index in [-0.39, 0.29) is 30.2 Å². The number of hydrogen-bond acceptors (Lipinski definition) is 11. The number of nitrogens with zero attached hydrogens (tertiary/aromatic N) is 3. The van der Waals surface area contributed by atoms with Gasteiger partial charge in [0.25, 0.3) is 0 Å². The van der Waals surface area contributed by atoms with E-state index in [1.54, 1.807) is 14.1 Å². The number of phenolic OH excluding ortho intramolecular Hbond substituents is 1. The zero-order valence-electron chi connectivity index (χ0n) is 27.2. The SMILES string of the molecule is CN(C)c1cc(NC2CCN(Cc3ccccc3)CC2)c(O)c2c1CC1CC3C(N(C)C)C(=O)C(C(N)=O)C(=O)C3(O)C(=O)C1C2=O. The van der Waals surface area contributed by atoms with Gasteiger partial charge in [-0.05, 0) is 62.9 Å². The van der Waals surface area contributed by atoms with Gasteiger partial charge in [-0.1, -0.05) is 30.3 Å². The van der Waals surface area contributed by atoms with Crippen LogP contribution in [0.25, 0.3) is 0 Å². The standard InChI is InChI=1S/C35H43N5O7/c1-38(2)24-16-23(37-20-10-12-40(13-11-20)17-18-8-6-5-7-9-18)29(41)26-21(24)14-19-15-22-28(39(3)4)31(43)27(34(36)46)33(45)35(22,47)32(44)25(19)30(26)42/h5-9,16,19-20,22,25,27-28,37,41,47H,10-15,17H2,1-4H3,(H2,36,46). The number of hydrogen-bond donors (Lipinski definition) is 4. The van der Waals surface area contributed by atoms with Crippen LogP contribution in [0.5, 0.6) is 5.75 Å². The number of anilines is 2. The number of rotatable bonds is 7. The number of nitrogens with two attached hydrogens (primary N) is 1. The molecule has 2 saturated carbocycles. The van der Waals surface area contributed by atoms with Gasteiger partial charge in [-0.25, -0.2) is 0 Å². The highest BCUT2D eigenvalue weighted by molar-refractivity contribution is 6.32. The molecule has 0 spiro atoms. The molecule has 1 aliphatic heterocycles. The lowest BCUT2D eigenvalue weighted by Gasteiger charge is -2.52. The predicted octanol–water partition coefficient (Wildman–Crippen LogP) is 1.01. The number of aliphatic hydroxyl groups is 1. The molecular weight excluding hydrogens is 602 g/mol. The van der Waals surface area contributed by atoms with E-state index in [9.17, 15) is 34.2 Å². The fourth-order valence-corrected chi connectivity index (χ4v) is 8.46. The first-order valence-electron chi connectivity index (χ1n) is 16.2. The van der Waals surface area contributed by atoms with Crippen molar-refractivity contribution < 1.29 is 34.2 Å². The fraction of sp³-hybridized carbons (Fsp3) is 0.514. The Morgan fingerprint density at radius 1 is 1.04 bits per heavy atom. The Balaban J connectivity index is 1.31. The number of nitrogens with one attached hydrogen (secondary N) is 1. The van der Waals surface area contributed by atoms with Crippen molar-refractivity contribution in [3.63, 3.8) is 0 Å². The third-order valence-electron chi connectivity index (χ3n) is 10.7. The van der Waals surface area contributed by atoms with E-state index in [4.69, 9.17) is 5.73 Å². The Morgan fingerprint density at radius 2 is 1.70 bits per heavy atom. The van der Waals surface area contributed by atoms with Crippen LogP contribution in [0, 0.1) is 23.7 Å². The van der Waals surface area contributed by atoms with Crippen LogP contribution in [-0.4, -0.2) is 108 Å². The van der Waals surface area contributed by atoms with Crippen LogP contribution in [0.4, 0.5) is 11.4 Å². The number of likely N-dealkylation sites (N-methyl/N-ethyl adjacent to an activating group) is 1. The Hall–Kier alpha value is -4.13. The Bertz CT molecular complexity index is 1630. The second-order valence-corrected chi connectivity index (χ2v) is 14.0. The summed E-state index contributed by atoms with van der Waals surface area (Å²) < 4.78 is 0. The lowest BCUT2D eigenvalue weighted by atomic mass is 9.52. The molecule has 6 rings (SSSR count). The number of amides is 1. The molecule has 3 fully saturated rings. The predicted molar refractivity (Wildman–Crippen MR) is 174 cm³/mol. The van der Waals surface area contributed by atoms with E-state index >= 15 is 0 Å². The quantitative estimate of drug-likeness (QED) is 0.250. The van der Waals surface area contributed by atoms with Gasteiger partial charge in [-0.2, -0.15) is 0 Å². The van der Waals surface area contributed by atoms with Gasteiger partial charge in [0.1, 0.15) is 5.75 Å². The average Bonchev–Trinajstić information content (AvgIpc) is 3.01. The molecule has 0 radical (unpaired) electrons. The summed E-state index contributed by atoms with van der Waals surface area (Å²) in [5.74, 6) is -10.5. The molecule has 4 aliphatic rings. The summed E-state index contributed by atoms with van der Waals surface area (Å²) in [7, 11) is 6.81. The second kappa shape index (κ2) is 12.1. The van der Waals surface area contributed by atoms with E-state index in [1.165, 1.54) is 10.5 Å². The summed E-state index contributed by atoms with van der Waals surface area (Å²) in [5.41, 5.74) is 5.57. The van der Waals surface area contributed by atoms with Crippen molar-refractivity contribution in [3.05, 3.63) is 53.1 Å². The van der Waals surface area contributed by atoms with Gasteiger partial charge < -0.3 is 26.2 Å². The summed E-state index contributed by atoms with van der Waals surface area (Å²) in [4.78, 5) is 73.4. The van der Waals surface area contributed by atoms with Crippen molar-refractivity contribution in [2.24, 2.45) is 29.4 Å². The molecule has 2 aromatic carbocycles. The third-order valence-corrected chi connectivity index (χ3v) is 10.7. The Morgan fingerprint density at radius 3 is 2.30 bits per heavy atom. The number of primary amides is 1. The number of aromatic hydroxyl groups is 1. The van der Waals surface area contributed by atoms with Crippen LogP contribution in [0.2, 0.25) is 0 Å². The minimum atomic E-state index is -2.75. The molecule has 0 aromatic heterocycles. The van der Waals surface area contributed by atoms with E-state index in [2.05, 4.69) is 22.3 Å². The normalized spacial score (nSPS) is 29.7. The van der Waals surface area contributed by atoms with Gasteiger partial charge in [0, 0.05) is 51.4 Å². The molecular formula is C35H43N5O7. The first-order chi connectivity index (χ1) is 22.2. The maximum atomic E-state index is 14.3. The van der Waals surface area contributed by atoms with E-state index in [0.717, 1.165) is 32.5 Å². The molecule has 47 heavy (non-hydrogen) atoms. The van der Waals surface area contributed by atoms with Gasteiger partial charge in [0.05, 0.1) is 23.2 Å². The van der Waals surface area contributed by atoms with Crippen LogP contribution in [0.1, 0.15) is 40.7 Å². The molecule has 250 valence electrons. The van der Waals surface area contributed by atoms with Crippen LogP contribution in [-0.2, 0) is 32.1 Å². The lowest BCUT2D eigenvalue weighted by Crippen LogP contribution is -2.74. The highest BCUT2D eigenvalue weighted by Gasteiger charge is 2.69. The fourth-order valence-electron chi connectivity index (χ4n) is 8.46. The number of piperidine rings is 1. The average molecular weight is 646 g/mol. The smallest absolute Gasteiger partial charge is 0.235 e. The molecule has 0 bridgehead atoms. The number of benzene rings is 2. The molecule has 1 saturated heterocycles. The molecule has 2 aromatic rings. The van der Waals surface area contributed by atoms with Crippen molar-refractivity contribution in [1.29, 1.82) is 0 Å². The molecule has 1 amide bonds. The third kappa shape index (κ3) is 5.32. The largest absolute Gasteiger partial charge is 0.505 e. The molecule has 6 atom stereocenters. The van der Waals surface area contributed by atoms with Crippen molar-refractivity contribution >= 4 is 40.4 Å². The summed E-state index contributed by atoms with van der Waals surface area (Å²) in [6.07, 6.45) is 1.87. The molecule has 6 unspecified atom stereocenters. The lowest BCUT2D eigenvalue weighted by molar-refractivity contribution is -0.181. The number of carbonyl (C=O) groups excluding carboxylic acids is 5. The number of Topliss-reactive ketones (excluding diaryl/α,β-unsaturated/α-hetero) is 4. The second-order valence-electron chi connectivity index (χ2n) is 14.0.